The number of nitrogens with zero attached hydrogens (tertiary/aromatic N) is 1. The first-order chi connectivity index (χ1) is 9.65. The summed E-state index contributed by atoms with van der Waals surface area (Å²) in [7, 11) is 0. The second-order valence-electron chi connectivity index (χ2n) is 5.68. The van der Waals surface area contributed by atoms with Gasteiger partial charge in [-0.3, -0.25) is 4.79 Å². The molecule has 0 radical (unpaired) electrons. The number of hydrogen-bond donors (Lipinski definition) is 3. The standard InChI is InChI=1S/C14H24N4O3/c1-10(2)18-12(19)11(8-15)9-16-6-7-17-13(20)21-14(3,4)5/h9-10,16H,6-7H2,1-5H3,(H,17,20)(H,18,19)/b11-9-. The predicted molar refractivity (Wildman–Crippen MR) is 79.2 cm³/mol. The molecular formula is C14H24N4O3. The van der Waals surface area contributed by atoms with Crippen LogP contribution in [0, 0.1) is 11.3 Å². The van der Waals surface area contributed by atoms with Crippen LogP contribution >= 0.6 is 0 Å². The minimum atomic E-state index is -0.541. The minimum absolute atomic E-state index is 0.0130. The Morgan fingerprint density at radius 1 is 1.29 bits per heavy atom. The molecule has 2 amide bonds. The van der Waals surface area contributed by atoms with Crippen molar-refractivity contribution in [2.45, 2.75) is 46.3 Å². The Labute approximate surface area is 125 Å². The fourth-order valence-electron chi connectivity index (χ4n) is 1.21. The molecule has 0 aliphatic rings. The van der Waals surface area contributed by atoms with Crippen molar-refractivity contribution in [2.24, 2.45) is 0 Å². The molecule has 0 aromatic carbocycles. The zero-order valence-electron chi connectivity index (χ0n) is 13.2. The van der Waals surface area contributed by atoms with Crippen molar-refractivity contribution in [1.29, 1.82) is 5.26 Å². The minimum Gasteiger partial charge on any atom is -0.444 e. The van der Waals surface area contributed by atoms with Gasteiger partial charge in [-0.2, -0.15) is 5.26 Å². The highest BCUT2D eigenvalue weighted by Gasteiger charge is 2.15. The van der Waals surface area contributed by atoms with Crippen LogP contribution in [0.15, 0.2) is 11.8 Å². The lowest BCUT2D eigenvalue weighted by Crippen LogP contribution is -2.36. The number of amides is 2. The normalized spacial score (nSPS) is 11.6. The monoisotopic (exact) mass is 296 g/mol. The van der Waals surface area contributed by atoms with Gasteiger partial charge in [-0.15, -0.1) is 0 Å². The van der Waals surface area contributed by atoms with Crippen molar-refractivity contribution in [2.75, 3.05) is 13.1 Å². The Morgan fingerprint density at radius 2 is 1.90 bits per heavy atom. The molecule has 0 aliphatic carbocycles. The average molecular weight is 296 g/mol. The highest BCUT2D eigenvalue weighted by molar-refractivity contribution is 5.97. The fraction of sp³-hybridized carbons (Fsp3) is 0.643. The van der Waals surface area contributed by atoms with E-state index in [0.29, 0.717) is 13.1 Å². The summed E-state index contributed by atoms with van der Waals surface area (Å²) in [6.45, 7) is 9.64. The Balaban J connectivity index is 4.07. The number of rotatable bonds is 6. The van der Waals surface area contributed by atoms with Crippen molar-refractivity contribution in [3.8, 4) is 6.07 Å². The molecule has 118 valence electrons. The van der Waals surface area contributed by atoms with Gasteiger partial charge in [-0.25, -0.2) is 4.79 Å². The van der Waals surface area contributed by atoms with Gasteiger partial charge in [0.1, 0.15) is 17.2 Å². The first-order valence-electron chi connectivity index (χ1n) is 6.77. The molecule has 0 unspecified atom stereocenters. The molecule has 0 atom stereocenters. The maximum absolute atomic E-state index is 11.6. The highest BCUT2D eigenvalue weighted by Crippen LogP contribution is 2.05. The van der Waals surface area contributed by atoms with Gasteiger partial charge in [-0.05, 0) is 34.6 Å². The van der Waals surface area contributed by atoms with Crippen molar-refractivity contribution in [3.05, 3.63) is 11.8 Å². The number of ether oxygens (including phenoxy) is 1. The van der Waals surface area contributed by atoms with E-state index in [1.165, 1.54) is 6.20 Å². The Bertz CT molecular complexity index is 430. The molecule has 3 N–H and O–H groups in total. The highest BCUT2D eigenvalue weighted by atomic mass is 16.6. The van der Waals surface area contributed by atoms with Crippen LogP contribution in [0.25, 0.3) is 0 Å². The number of carbonyl (C=O) groups excluding carboxylic acids is 2. The lowest BCUT2D eigenvalue weighted by atomic mass is 10.2. The SMILES string of the molecule is CC(C)NC(=O)/C(C#N)=C\NCCNC(=O)OC(C)(C)C. The van der Waals surface area contributed by atoms with Gasteiger partial charge >= 0.3 is 6.09 Å². The van der Waals surface area contributed by atoms with Crippen molar-refractivity contribution >= 4 is 12.0 Å². The molecule has 0 aromatic heterocycles. The number of hydrogen-bond acceptors (Lipinski definition) is 5. The molecule has 0 heterocycles. The van der Waals surface area contributed by atoms with Crippen LogP contribution < -0.4 is 16.0 Å². The lowest BCUT2D eigenvalue weighted by Gasteiger charge is -2.19. The van der Waals surface area contributed by atoms with Crippen molar-refractivity contribution in [3.63, 3.8) is 0 Å². The lowest BCUT2D eigenvalue weighted by molar-refractivity contribution is -0.117. The van der Waals surface area contributed by atoms with E-state index in [2.05, 4.69) is 16.0 Å². The molecule has 0 rings (SSSR count). The number of nitriles is 1. The van der Waals surface area contributed by atoms with Crippen LogP contribution in [0.1, 0.15) is 34.6 Å². The largest absolute Gasteiger partial charge is 0.444 e. The zero-order chi connectivity index (χ0) is 16.5. The fourth-order valence-corrected chi connectivity index (χ4v) is 1.21. The average Bonchev–Trinajstić information content (AvgIpc) is 2.30. The Kier molecular flexibility index (Phi) is 7.91. The Morgan fingerprint density at radius 3 is 2.38 bits per heavy atom. The molecule has 0 saturated heterocycles. The predicted octanol–water partition coefficient (Wildman–Crippen LogP) is 1.03. The van der Waals surface area contributed by atoms with E-state index in [9.17, 15) is 9.59 Å². The van der Waals surface area contributed by atoms with Gasteiger partial charge in [-0.1, -0.05) is 0 Å². The van der Waals surface area contributed by atoms with Crippen LogP contribution in [-0.4, -0.2) is 36.7 Å². The van der Waals surface area contributed by atoms with E-state index >= 15 is 0 Å². The molecule has 0 fully saturated rings. The van der Waals surface area contributed by atoms with E-state index in [4.69, 9.17) is 10.00 Å². The molecule has 0 bridgehead atoms. The van der Waals surface area contributed by atoms with E-state index in [-0.39, 0.29) is 11.6 Å². The first-order valence-corrected chi connectivity index (χ1v) is 6.77. The van der Waals surface area contributed by atoms with Gasteiger partial charge < -0.3 is 20.7 Å². The third-order valence-corrected chi connectivity index (χ3v) is 1.97. The molecule has 0 aromatic rings. The summed E-state index contributed by atoms with van der Waals surface area (Å²) in [6, 6.07) is 1.77. The zero-order valence-corrected chi connectivity index (χ0v) is 13.2. The number of carbonyl (C=O) groups is 2. The smallest absolute Gasteiger partial charge is 0.407 e. The van der Waals surface area contributed by atoms with Gasteiger partial charge in [0, 0.05) is 25.3 Å². The summed E-state index contributed by atoms with van der Waals surface area (Å²) in [6.07, 6.45) is 0.820. The number of alkyl carbamates (subject to hydrolysis) is 1. The van der Waals surface area contributed by atoms with Gasteiger partial charge in [0.15, 0.2) is 0 Å². The second-order valence-corrected chi connectivity index (χ2v) is 5.68. The molecule has 0 saturated carbocycles. The Hall–Kier alpha value is -2.23. The van der Waals surface area contributed by atoms with Gasteiger partial charge in [0.25, 0.3) is 5.91 Å². The third kappa shape index (κ3) is 10.2. The number of nitrogens with one attached hydrogen (secondary N) is 3. The molecular weight excluding hydrogens is 272 g/mol. The molecule has 0 spiro atoms. The van der Waals surface area contributed by atoms with Crippen molar-refractivity contribution < 1.29 is 14.3 Å². The molecule has 21 heavy (non-hydrogen) atoms. The topological polar surface area (TPSA) is 103 Å². The van der Waals surface area contributed by atoms with Crippen LogP contribution in [0.2, 0.25) is 0 Å². The summed E-state index contributed by atoms with van der Waals surface area (Å²) in [5.41, 5.74) is -0.554. The van der Waals surface area contributed by atoms with Gasteiger partial charge in [0.05, 0.1) is 0 Å². The van der Waals surface area contributed by atoms with Crippen LogP contribution in [0.3, 0.4) is 0 Å². The van der Waals surface area contributed by atoms with Crippen LogP contribution in [-0.2, 0) is 9.53 Å². The second kappa shape index (κ2) is 8.84. The summed E-state index contributed by atoms with van der Waals surface area (Å²) in [4.78, 5) is 22.9. The van der Waals surface area contributed by atoms with E-state index in [1.807, 2.05) is 19.9 Å². The maximum atomic E-state index is 11.6. The first kappa shape index (κ1) is 18.8. The molecule has 0 aliphatic heterocycles. The van der Waals surface area contributed by atoms with E-state index in [0.717, 1.165) is 0 Å². The quantitative estimate of drug-likeness (QED) is 0.386. The van der Waals surface area contributed by atoms with Crippen LogP contribution in [0.4, 0.5) is 4.79 Å². The van der Waals surface area contributed by atoms with Gasteiger partial charge in [0.2, 0.25) is 0 Å². The summed E-state index contributed by atoms with van der Waals surface area (Å²) < 4.78 is 5.06. The summed E-state index contributed by atoms with van der Waals surface area (Å²) >= 11 is 0. The third-order valence-electron chi connectivity index (χ3n) is 1.97. The summed E-state index contributed by atoms with van der Waals surface area (Å²) in [5, 5.41) is 16.8. The van der Waals surface area contributed by atoms with Crippen LogP contribution in [0.5, 0.6) is 0 Å². The maximum Gasteiger partial charge on any atom is 0.407 e. The molecule has 7 nitrogen and oxygen atoms in total. The summed E-state index contributed by atoms with van der Waals surface area (Å²) in [5.74, 6) is -0.430. The van der Waals surface area contributed by atoms with E-state index < -0.39 is 17.6 Å². The van der Waals surface area contributed by atoms with E-state index in [1.54, 1.807) is 20.8 Å². The molecule has 7 heteroatoms. The van der Waals surface area contributed by atoms with Crippen molar-refractivity contribution in [1.82, 2.24) is 16.0 Å².